The summed E-state index contributed by atoms with van der Waals surface area (Å²) in [5.74, 6) is 0. The van der Waals surface area contributed by atoms with Gasteiger partial charge in [0, 0.05) is 18.0 Å². The zero-order valence-corrected chi connectivity index (χ0v) is 6.37. The van der Waals surface area contributed by atoms with E-state index < -0.39 is 0 Å². The average Bonchev–Trinajstić information content (AvgIpc) is 2.75. The van der Waals surface area contributed by atoms with Gasteiger partial charge in [-0.15, -0.1) is 0 Å². The van der Waals surface area contributed by atoms with Crippen LogP contribution in [0.15, 0.2) is 30.6 Å². The number of carbonyl (C=O) groups excluding carboxylic acids is 1. The molecule has 0 saturated carbocycles. The lowest BCUT2D eigenvalue weighted by atomic mass is 10.3. The number of nitrogens with one attached hydrogen (secondary N) is 2. The molecule has 0 atom stereocenters. The van der Waals surface area contributed by atoms with Crippen molar-refractivity contribution in [3.63, 3.8) is 0 Å². The predicted octanol–water partition coefficient (Wildman–Crippen LogP) is 1.82. The minimum Gasteiger partial charge on any atom is -0.360 e. The molecule has 0 radical (unpaired) electrons. The molecule has 3 heteroatoms. The summed E-state index contributed by atoms with van der Waals surface area (Å²) in [7, 11) is 0. The number of hydrogen-bond donors (Lipinski definition) is 2. The summed E-state index contributed by atoms with van der Waals surface area (Å²) in [6.45, 7) is 0. The van der Waals surface area contributed by atoms with Crippen molar-refractivity contribution in [1.29, 1.82) is 0 Å². The molecule has 0 saturated heterocycles. The van der Waals surface area contributed by atoms with E-state index in [0.717, 1.165) is 17.7 Å². The van der Waals surface area contributed by atoms with Crippen LogP contribution in [0.4, 0.5) is 0 Å². The number of carbonyl (C=O) groups is 1. The van der Waals surface area contributed by atoms with Crippen LogP contribution in [-0.4, -0.2) is 16.3 Å². The summed E-state index contributed by atoms with van der Waals surface area (Å²) >= 11 is 0. The lowest BCUT2D eigenvalue weighted by Gasteiger charge is -1.88. The molecule has 0 aliphatic rings. The second-order valence-corrected chi connectivity index (χ2v) is 2.55. The molecule has 2 aromatic heterocycles. The third-order valence-electron chi connectivity index (χ3n) is 1.73. The molecule has 2 aromatic rings. The van der Waals surface area contributed by atoms with E-state index in [0.29, 0.717) is 5.56 Å². The van der Waals surface area contributed by atoms with Crippen molar-refractivity contribution in [3.05, 3.63) is 36.2 Å². The third kappa shape index (κ3) is 1.05. The highest BCUT2D eigenvalue weighted by molar-refractivity contribution is 5.77. The van der Waals surface area contributed by atoms with Crippen LogP contribution < -0.4 is 0 Å². The number of aldehydes is 1. The molecule has 3 nitrogen and oxygen atoms in total. The van der Waals surface area contributed by atoms with Gasteiger partial charge < -0.3 is 9.97 Å². The first kappa shape index (κ1) is 6.91. The Hall–Kier alpha value is -1.77. The Morgan fingerprint density at radius 3 is 2.75 bits per heavy atom. The molecule has 2 N–H and O–H groups in total. The van der Waals surface area contributed by atoms with Gasteiger partial charge in [-0.2, -0.15) is 0 Å². The molecule has 60 valence electrons. The molecular weight excluding hydrogens is 152 g/mol. The third-order valence-corrected chi connectivity index (χ3v) is 1.73. The van der Waals surface area contributed by atoms with Gasteiger partial charge in [-0.05, 0) is 18.2 Å². The van der Waals surface area contributed by atoms with Crippen molar-refractivity contribution >= 4 is 6.29 Å². The van der Waals surface area contributed by atoms with Gasteiger partial charge in [0.25, 0.3) is 0 Å². The smallest absolute Gasteiger partial charge is 0.151 e. The van der Waals surface area contributed by atoms with Crippen LogP contribution in [0.5, 0.6) is 0 Å². The largest absolute Gasteiger partial charge is 0.360 e. The Bertz CT molecular complexity index is 373. The van der Waals surface area contributed by atoms with Gasteiger partial charge in [0.1, 0.15) is 0 Å². The SMILES string of the molecule is O=Cc1c[nH]c(-c2ccc[nH]2)c1. The van der Waals surface area contributed by atoms with Gasteiger partial charge in [-0.25, -0.2) is 0 Å². The van der Waals surface area contributed by atoms with E-state index in [4.69, 9.17) is 0 Å². The van der Waals surface area contributed by atoms with Crippen LogP contribution in [-0.2, 0) is 0 Å². The fourth-order valence-corrected chi connectivity index (χ4v) is 1.13. The molecule has 0 aliphatic carbocycles. The van der Waals surface area contributed by atoms with E-state index in [-0.39, 0.29) is 0 Å². The summed E-state index contributed by atoms with van der Waals surface area (Å²) in [4.78, 5) is 16.4. The van der Waals surface area contributed by atoms with Gasteiger partial charge in [0.2, 0.25) is 0 Å². The maximum absolute atomic E-state index is 10.4. The van der Waals surface area contributed by atoms with E-state index in [1.54, 1.807) is 12.3 Å². The molecular formula is C9H8N2O. The number of aromatic amines is 2. The van der Waals surface area contributed by atoms with Crippen LogP contribution in [0.3, 0.4) is 0 Å². The second kappa shape index (κ2) is 2.70. The topological polar surface area (TPSA) is 48.6 Å². The van der Waals surface area contributed by atoms with Crippen LogP contribution in [0.2, 0.25) is 0 Å². The first-order chi connectivity index (χ1) is 5.90. The van der Waals surface area contributed by atoms with Crippen LogP contribution in [0.25, 0.3) is 11.4 Å². The maximum Gasteiger partial charge on any atom is 0.151 e. The highest BCUT2D eigenvalue weighted by Crippen LogP contribution is 2.15. The quantitative estimate of drug-likeness (QED) is 0.647. The van der Waals surface area contributed by atoms with Crippen molar-refractivity contribution in [1.82, 2.24) is 9.97 Å². The molecule has 12 heavy (non-hydrogen) atoms. The van der Waals surface area contributed by atoms with Crippen molar-refractivity contribution in [2.75, 3.05) is 0 Å². The Balaban J connectivity index is 2.41. The van der Waals surface area contributed by atoms with Gasteiger partial charge in [0.05, 0.1) is 11.4 Å². The fourth-order valence-electron chi connectivity index (χ4n) is 1.13. The first-order valence-corrected chi connectivity index (χ1v) is 3.67. The predicted molar refractivity (Wildman–Crippen MR) is 46.0 cm³/mol. The Kier molecular flexibility index (Phi) is 1.55. The number of H-pyrrole nitrogens is 2. The minimum absolute atomic E-state index is 0.666. The van der Waals surface area contributed by atoms with Gasteiger partial charge in [0.15, 0.2) is 6.29 Å². The van der Waals surface area contributed by atoms with Crippen LogP contribution in [0, 0.1) is 0 Å². The van der Waals surface area contributed by atoms with Gasteiger partial charge in [-0.3, -0.25) is 4.79 Å². The van der Waals surface area contributed by atoms with Crippen molar-refractivity contribution in [2.45, 2.75) is 0 Å². The summed E-state index contributed by atoms with van der Waals surface area (Å²) in [6.07, 6.45) is 4.35. The van der Waals surface area contributed by atoms with Crippen molar-refractivity contribution in [2.24, 2.45) is 0 Å². The number of rotatable bonds is 2. The molecule has 2 rings (SSSR count). The molecule has 2 heterocycles. The highest BCUT2D eigenvalue weighted by atomic mass is 16.1. The lowest BCUT2D eigenvalue weighted by molar-refractivity contribution is 0.112. The Morgan fingerprint density at radius 2 is 2.17 bits per heavy atom. The zero-order chi connectivity index (χ0) is 8.39. The fraction of sp³-hybridized carbons (Fsp3) is 0. The lowest BCUT2D eigenvalue weighted by Crippen LogP contribution is -1.73. The molecule has 0 fully saturated rings. The molecule has 0 aromatic carbocycles. The van der Waals surface area contributed by atoms with E-state index >= 15 is 0 Å². The molecule has 0 amide bonds. The summed E-state index contributed by atoms with van der Waals surface area (Å²) in [6, 6.07) is 5.66. The second-order valence-electron chi connectivity index (χ2n) is 2.55. The molecule has 0 spiro atoms. The summed E-state index contributed by atoms with van der Waals surface area (Å²) in [5, 5.41) is 0. The van der Waals surface area contributed by atoms with Gasteiger partial charge in [-0.1, -0.05) is 0 Å². The summed E-state index contributed by atoms with van der Waals surface area (Å²) in [5.41, 5.74) is 2.59. The van der Waals surface area contributed by atoms with Crippen LogP contribution >= 0.6 is 0 Å². The summed E-state index contributed by atoms with van der Waals surface area (Å²) < 4.78 is 0. The first-order valence-electron chi connectivity index (χ1n) is 3.67. The number of hydrogen-bond acceptors (Lipinski definition) is 1. The van der Waals surface area contributed by atoms with E-state index in [1.165, 1.54) is 0 Å². The number of aromatic nitrogens is 2. The van der Waals surface area contributed by atoms with E-state index in [9.17, 15) is 4.79 Å². The molecule has 0 aliphatic heterocycles. The normalized spacial score (nSPS) is 10.0. The maximum atomic E-state index is 10.4. The van der Waals surface area contributed by atoms with Gasteiger partial charge >= 0.3 is 0 Å². The standard InChI is InChI=1S/C9H8N2O/c12-6-7-4-9(11-5-7)8-2-1-3-10-8/h1-6,10-11H. The molecule has 0 bridgehead atoms. The van der Waals surface area contributed by atoms with E-state index in [1.807, 2.05) is 18.3 Å². The Labute approximate surface area is 69.4 Å². The van der Waals surface area contributed by atoms with E-state index in [2.05, 4.69) is 9.97 Å². The zero-order valence-electron chi connectivity index (χ0n) is 6.37. The average molecular weight is 160 g/mol. The minimum atomic E-state index is 0.666. The Morgan fingerprint density at radius 1 is 1.25 bits per heavy atom. The van der Waals surface area contributed by atoms with Crippen LogP contribution in [0.1, 0.15) is 10.4 Å². The molecule has 0 unspecified atom stereocenters. The monoisotopic (exact) mass is 160 g/mol. The van der Waals surface area contributed by atoms with Crippen molar-refractivity contribution in [3.8, 4) is 11.4 Å². The van der Waals surface area contributed by atoms with Crippen molar-refractivity contribution < 1.29 is 4.79 Å². The highest BCUT2D eigenvalue weighted by Gasteiger charge is 2.00.